The van der Waals surface area contributed by atoms with Gasteiger partial charge in [-0.05, 0) is 67.5 Å². The number of esters is 1. The van der Waals surface area contributed by atoms with Crippen LogP contribution >= 0.6 is 0 Å². The normalized spacial score (nSPS) is 14.3. The van der Waals surface area contributed by atoms with Crippen LogP contribution in [0.4, 0.5) is 8.78 Å². The van der Waals surface area contributed by atoms with Gasteiger partial charge in [-0.3, -0.25) is 9.59 Å². The van der Waals surface area contributed by atoms with Crippen molar-refractivity contribution >= 4 is 21.9 Å². The molecule has 0 bridgehead atoms. The van der Waals surface area contributed by atoms with Gasteiger partial charge in [0.15, 0.2) is 18.2 Å². The minimum Gasteiger partial charge on any atom is -0.456 e. The molecule has 0 spiro atoms. The van der Waals surface area contributed by atoms with Crippen molar-refractivity contribution in [1.82, 2.24) is 10.0 Å². The average molecular weight is 481 g/mol. The molecule has 7 nitrogen and oxygen atoms in total. The summed E-state index contributed by atoms with van der Waals surface area (Å²) in [5.41, 5.74) is 3.62. The minimum atomic E-state index is -4.12. The third-order valence-corrected chi connectivity index (χ3v) is 6.90. The van der Waals surface area contributed by atoms with Gasteiger partial charge in [-0.1, -0.05) is 18.2 Å². The Labute approximate surface area is 191 Å². The Balaban J connectivity index is 1.41. The van der Waals surface area contributed by atoms with E-state index in [2.05, 4.69) is 22.2 Å². The summed E-state index contributed by atoms with van der Waals surface area (Å²) in [5, 5.41) is 2.78. The molecular weight excluding hydrogens is 454 g/mol. The number of carbonyl (C=O) groups excluding carboxylic acids is 2. The zero-order valence-corrected chi connectivity index (χ0v) is 19.0. The highest BCUT2D eigenvalue weighted by molar-refractivity contribution is 7.89. The van der Waals surface area contributed by atoms with Crippen LogP contribution in [0.15, 0.2) is 41.3 Å². The van der Waals surface area contributed by atoms with Gasteiger partial charge in [0.25, 0.3) is 5.91 Å². The van der Waals surface area contributed by atoms with E-state index in [-0.39, 0.29) is 19.0 Å². The van der Waals surface area contributed by atoms with Crippen LogP contribution in [0.3, 0.4) is 0 Å². The van der Waals surface area contributed by atoms with Crippen LogP contribution in [0, 0.1) is 11.6 Å². The number of amides is 1. The molecular formula is C23H26F2N2O5S. The number of fused-ring (bicyclic) bond motifs is 1. The van der Waals surface area contributed by atoms with E-state index in [9.17, 15) is 26.8 Å². The Hall–Kier alpha value is -2.85. The summed E-state index contributed by atoms with van der Waals surface area (Å²) in [4.78, 5) is 23.5. The predicted molar refractivity (Wildman–Crippen MR) is 117 cm³/mol. The van der Waals surface area contributed by atoms with Gasteiger partial charge >= 0.3 is 5.97 Å². The molecule has 0 saturated carbocycles. The molecule has 1 aliphatic rings. The highest BCUT2D eigenvalue weighted by Gasteiger charge is 2.18. The third-order valence-electron chi connectivity index (χ3n) is 5.44. The first-order valence-electron chi connectivity index (χ1n) is 10.7. The van der Waals surface area contributed by atoms with E-state index in [0.29, 0.717) is 12.1 Å². The Morgan fingerprint density at radius 3 is 2.48 bits per heavy atom. The van der Waals surface area contributed by atoms with Crippen molar-refractivity contribution in [1.29, 1.82) is 0 Å². The van der Waals surface area contributed by atoms with Crippen molar-refractivity contribution in [2.24, 2.45) is 0 Å². The van der Waals surface area contributed by atoms with Crippen molar-refractivity contribution < 1.29 is 31.5 Å². The number of benzene rings is 2. The summed E-state index contributed by atoms with van der Waals surface area (Å²) in [7, 11) is -4.12. The second-order valence-corrected chi connectivity index (χ2v) is 9.68. The number of carbonyl (C=O) groups is 2. The second kappa shape index (κ2) is 10.8. The molecule has 10 heteroatoms. The zero-order valence-electron chi connectivity index (χ0n) is 18.2. The van der Waals surface area contributed by atoms with Crippen LogP contribution in [-0.4, -0.2) is 33.4 Å². The van der Waals surface area contributed by atoms with E-state index in [0.717, 1.165) is 30.9 Å². The summed E-state index contributed by atoms with van der Waals surface area (Å²) in [5.74, 6) is -3.72. The van der Waals surface area contributed by atoms with E-state index in [1.807, 2.05) is 13.0 Å². The topological polar surface area (TPSA) is 102 Å². The molecule has 33 heavy (non-hydrogen) atoms. The molecule has 0 heterocycles. The largest absolute Gasteiger partial charge is 0.456 e. The van der Waals surface area contributed by atoms with Crippen molar-refractivity contribution in [3.8, 4) is 0 Å². The number of aryl methyl sites for hydroxylation is 2. The van der Waals surface area contributed by atoms with Gasteiger partial charge in [-0.15, -0.1) is 0 Å². The first-order valence-corrected chi connectivity index (χ1v) is 12.2. The fourth-order valence-electron chi connectivity index (χ4n) is 3.62. The van der Waals surface area contributed by atoms with Crippen molar-refractivity contribution in [3.63, 3.8) is 0 Å². The highest BCUT2D eigenvalue weighted by Crippen LogP contribution is 2.24. The van der Waals surface area contributed by atoms with Crippen molar-refractivity contribution in [2.75, 3.05) is 13.2 Å². The fourth-order valence-corrected chi connectivity index (χ4v) is 4.67. The van der Waals surface area contributed by atoms with E-state index >= 15 is 0 Å². The first kappa shape index (κ1) is 24.8. The summed E-state index contributed by atoms with van der Waals surface area (Å²) in [6, 6.07) is 8.07. The van der Waals surface area contributed by atoms with Gasteiger partial charge in [0.05, 0.1) is 17.4 Å². The Morgan fingerprint density at radius 1 is 1.03 bits per heavy atom. The lowest BCUT2D eigenvalue weighted by atomic mass is 9.89. The lowest BCUT2D eigenvalue weighted by Gasteiger charge is -2.20. The van der Waals surface area contributed by atoms with Crippen molar-refractivity contribution in [2.45, 2.75) is 50.0 Å². The number of rotatable bonds is 9. The van der Waals surface area contributed by atoms with Crippen LogP contribution in [0.25, 0.3) is 0 Å². The van der Waals surface area contributed by atoms with Gasteiger partial charge in [-0.2, -0.15) is 0 Å². The fraction of sp³-hybridized carbons (Fsp3) is 0.391. The maximum Gasteiger partial charge on any atom is 0.307 e. The molecule has 0 aliphatic heterocycles. The average Bonchev–Trinajstić information content (AvgIpc) is 2.79. The lowest BCUT2D eigenvalue weighted by Crippen LogP contribution is -2.32. The number of hydrogen-bond acceptors (Lipinski definition) is 5. The number of halogens is 2. The maximum atomic E-state index is 13.2. The molecule has 1 atom stereocenters. The molecule has 0 fully saturated rings. The lowest BCUT2D eigenvalue weighted by molar-refractivity contribution is -0.148. The molecule has 2 N–H and O–H groups in total. The van der Waals surface area contributed by atoms with Crippen LogP contribution in [-0.2, 0) is 37.2 Å². The minimum absolute atomic E-state index is 0.258. The van der Waals surface area contributed by atoms with Crippen LogP contribution in [0.5, 0.6) is 0 Å². The summed E-state index contributed by atoms with van der Waals surface area (Å²) >= 11 is 0. The Morgan fingerprint density at radius 2 is 1.76 bits per heavy atom. The molecule has 3 rings (SSSR count). The molecule has 1 unspecified atom stereocenters. The SMILES string of the molecule is CC(NC(=O)COC(=O)CCNS(=O)(=O)c1ccc(F)c(F)c1)c1ccc2c(c1)CCCC2. The number of sulfonamides is 1. The van der Waals surface area contributed by atoms with E-state index in [1.165, 1.54) is 17.5 Å². The summed E-state index contributed by atoms with van der Waals surface area (Å²) in [6.07, 6.45) is 4.11. The Bertz CT molecular complexity index is 1140. The third kappa shape index (κ3) is 6.82. The van der Waals surface area contributed by atoms with Crippen LogP contribution < -0.4 is 10.0 Å². The molecule has 0 radical (unpaired) electrons. The molecule has 1 amide bonds. The smallest absolute Gasteiger partial charge is 0.307 e. The van der Waals surface area contributed by atoms with Crippen LogP contribution in [0.1, 0.15) is 48.9 Å². The monoisotopic (exact) mass is 480 g/mol. The van der Waals surface area contributed by atoms with Gasteiger partial charge in [-0.25, -0.2) is 21.9 Å². The van der Waals surface area contributed by atoms with Gasteiger partial charge in [0, 0.05) is 6.54 Å². The molecule has 0 aromatic heterocycles. The maximum absolute atomic E-state index is 13.2. The standard InChI is InChI=1S/C23H26F2N2O5S/c1-15(17-7-6-16-4-2-3-5-18(16)12-17)27-22(28)14-32-23(29)10-11-26-33(30,31)19-8-9-20(24)21(25)13-19/h6-9,12-13,15,26H,2-5,10-11,14H2,1H3,(H,27,28). The number of nitrogens with one attached hydrogen (secondary N) is 2. The van der Waals surface area contributed by atoms with Gasteiger partial charge in [0.1, 0.15) is 0 Å². The first-order chi connectivity index (χ1) is 15.7. The summed E-state index contributed by atoms with van der Waals surface area (Å²) < 4.78 is 57.3. The second-order valence-electron chi connectivity index (χ2n) is 7.91. The quantitative estimate of drug-likeness (QED) is 0.538. The summed E-state index contributed by atoms with van der Waals surface area (Å²) in [6.45, 7) is 1.02. The van der Waals surface area contributed by atoms with E-state index < -0.39 is 45.0 Å². The Kier molecular flexibility index (Phi) is 8.15. The van der Waals surface area contributed by atoms with Crippen LogP contribution in [0.2, 0.25) is 0 Å². The number of ether oxygens (including phenoxy) is 1. The van der Waals surface area contributed by atoms with E-state index in [1.54, 1.807) is 0 Å². The number of hydrogen-bond donors (Lipinski definition) is 2. The molecule has 0 saturated heterocycles. The molecule has 2 aromatic carbocycles. The van der Waals surface area contributed by atoms with Gasteiger partial charge < -0.3 is 10.1 Å². The predicted octanol–water partition coefficient (Wildman–Crippen LogP) is 2.93. The van der Waals surface area contributed by atoms with Crippen molar-refractivity contribution in [3.05, 3.63) is 64.7 Å². The highest BCUT2D eigenvalue weighted by atomic mass is 32.2. The molecule has 2 aromatic rings. The molecule has 1 aliphatic carbocycles. The van der Waals surface area contributed by atoms with Gasteiger partial charge in [0.2, 0.25) is 10.0 Å². The van der Waals surface area contributed by atoms with E-state index in [4.69, 9.17) is 4.74 Å². The molecule has 178 valence electrons. The zero-order chi connectivity index (χ0) is 24.0.